The van der Waals surface area contributed by atoms with Gasteiger partial charge in [-0.15, -0.1) is 11.3 Å². The number of rotatable bonds is 4. The van der Waals surface area contributed by atoms with E-state index in [0.717, 1.165) is 26.5 Å². The van der Waals surface area contributed by atoms with Gasteiger partial charge in [-0.3, -0.25) is 4.79 Å². The Kier molecular flexibility index (Phi) is 3.57. The Morgan fingerprint density at radius 1 is 1.43 bits per heavy atom. The molecule has 21 heavy (non-hydrogen) atoms. The van der Waals surface area contributed by atoms with Crippen LogP contribution in [0.1, 0.15) is 41.9 Å². The third kappa shape index (κ3) is 2.60. The van der Waals surface area contributed by atoms with E-state index in [1.54, 1.807) is 11.2 Å². The molecule has 1 aliphatic carbocycles. The number of anilines is 1. The van der Waals surface area contributed by atoms with Gasteiger partial charge < -0.3 is 10.2 Å². The molecule has 0 aliphatic heterocycles. The molecule has 0 unspecified atom stereocenters. The average molecular weight is 304 g/mol. The molecule has 0 bridgehead atoms. The SMILES string of the molecule is Cc1c(C(=O)N(C)C(C)C)sc2ncnc(NC3CC3)c12. The van der Waals surface area contributed by atoms with Crippen LogP contribution in [0.2, 0.25) is 0 Å². The lowest BCUT2D eigenvalue weighted by Gasteiger charge is -2.20. The van der Waals surface area contributed by atoms with Crippen LogP contribution in [0.3, 0.4) is 0 Å². The van der Waals surface area contributed by atoms with Gasteiger partial charge in [0.2, 0.25) is 0 Å². The molecule has 1 N–H and O–H groups in total. The molecule has 5 nitrogen and oxygen atoms in total. The van der Waals surface area contributed by atoms with Crippen molar-refractivity contribution in [3.8, 4) is 0 Å². The van der Waals surface area contributed by atoms with Crippen molar-refractivity contribution < 1.29 is 4.79 Å². The third-order valence-electron chi connectivity index (χ3n) is 3.93. The summed E-state index contributed by atoms with van der Waals surface area (Å²) >= 11 is 1.46. The van der Waals surface area contributed by atoms with Crippen molar-refractivity contribution in [1.82, 2.24) is 14.9 Å². The fraction of sp³-hybridized carbons (Fsp3) is 0.533. The number of thiophene rings is 1. The van der Waals surface area contributed by atoms with Gasteiger partial charge in [0.15, 0.2) is 0 Å². The Bertz CT molecular complexity index is 690. The summed E-state index contributed by atoms with van der Waals surface area (Å²) in [5.41, 5.74) is 0.983. The van der Waals surface area contributed by atoms with Crippen LogP contribution in [0.25, 0.3) is 10.2 Å². The highest BCUT2D eigenvalue weighted by molar-refractivity contribution is 7.20. The molecule has 1 amide bonds. The van der Waals surface area contributed by atoms with E-state index >= 15 is 0 Å². The van der Waals surface area contributed by atoms with Gasteiger partial charge in [0, 0.05) is 19.1 Å². The maximum atomic E-state index is 12.6. The molecule has 3 rings (SSSR count). The second-order valence-corrected chi connectivity index (χ2v) is 6.89. The molecule has 0 spiro atoms. The highest BCUT2D eigenvalue weighted by atomic mass is 32.1. The number of hydrogen-bond donors (Lipinski definition) is 1. The van der Waals surface area contributed by atoms with Crippen LogP contribution in [0.5, 0.6) is 0 Å². The quantitative estimate of drug-likeness (QED) is 0.943. The van der Waals surface area contributed by atoms with E-state index in [4.69, 9.17) is 0 Å². The van der Waals surface area contributed by atoms with Gasteiger partial charge in [0.05, 0.1) is 10.3 Å². The predicted molar refractivity (Wildman–Crippen MR) is 86.0 cm³/mol. The summed E-state index contributed by atoms with van der Waals surface area (Å²) in [4.78, 5) is 24.7. The minimum Gasteiger partial charge on any atom is -0.367 e. The number of aromatic nitrogens is 2. The van der Waals surface area contributed by atoms with Gasteiger partial charge in [-0.25, -0.2) is 9.97 Å². The van der Waals surface area contributed by atoms with Gasteiger partial charge in [-0.05, 0) is 39.2 Å². The Morgan fingerprint density at radius 2 is 2.14 bits per heavy atom. The summed E-state index contributed by atoms with van der Waals surface area (Å²) < 4.78 is 0. The topological polar surface area (TPSA) is 58.1 Å². The zero-order chi connectivity index (χ0) is 15.1. The highest BCUT2D eigenvalue weighted by Gasteiger charge is 2.26. The molecule has 0 saturated heterocycles. The fourth-order valence-electron chi connectivity index (χ4n) is 2.20. The first-order valence-corrected chi connectivity index (χ1v) is 8.08. The molecule has 6 heteroatoms. The summed E-state index contributed by atoms with van der Waals surface area (Å²) in [5.74, 6) is 0.922. The van der Waals surface area contributed by atoms with Gasteiger partial charge in [0.1, 0.15) is 17.0 Å². The van der Waals surface area contributed by atoms with Crippen LogP contribution in [-0.2, 0) is 0 Å². The molecule has 0 aromatic carbocycles. The standard InChI is InChI=1S/C15H20N4OS/c1-8(2)19(4)15(20)12-9(3)11-13(18-10-5-6-10)16-7-17-14(11)21-12/h7-8,10H,5-6H2,1-4H3,(H,16,17,18). The van der Waals surface area contributed by atoms with Gasteiger partial charge in [-0.2, -0.15) is 0 Å². The third-order valence-corrected chi connectivity index (χ3v) is 5.12. The molecule has 1 fully saturated rings. The second kappa shape index (κ2) is 5.26. The van der Waals surface area contributed by atoms with E-state index in [-0.39, 0.29) is 11.9 Å². The molecule has 2 heterocycles. The van der Waals surface area contributed by atoms with E-state index in [1.165, 1.54) is 24.2 Å². The van der Waals surface area contributed by atoms with Crippen LogP contribution in [0, 0.1) is 6.92 Å². The second-order valence-electron chi connectivity index (χ2n) is 5.89. The molecule has 0 radical (unpaired) electrons. The van der Waals surface area contributed by atoms with Gasteiger partial charge in [-0.1, -0.05) is 0 Å². The van der Waals surface area contributed by atoms with E-state index in [1.807, 2.05) is 27.8 Å². The lowest BCUT2D eigenvalue weighted by atomic mass is 10.2. The van der Waals surface area contributed by atoms with Gasteiger partial charge in [0.25, 0.3) is 5.91 Å². The van der Waals surface area contributed by atoms with Crippen LogP contribution in [0.4, 0.5) is 5.82 Å². The smallest absolute Gasteiger partial charge is 0.264 e. The molecule has 1 aliphatic rings. The fourth-order valence-corrected chi connectivity index (χ4v) is 3.33. The van der Waals surface area contributed by atoms with E-state index in [9.17, 15) is 4.79 Å². The minimum absolute atomic E-state index is 0.0582. The van der Waals surface area contributed by atoms with Crippen molar-refractivity contribution in [3.05, 3.63) is 16.8 Å². The number of aryl methyl sites for hydroxylation is 1. The summed E-state index contributed by atoms with van der Waals surface area (Å²) in [6, 6.07) is 0.706. The number of hydrogen-bond acceptors (Lipinski definition) is 5. The molecule has 112 valence electrons. The number of carbonyl (C=O) groups is 1. The lowest BCUT2D eigenvalue weighted by Crippen LogP contribution is -2.32. The molecule has 2 aromatic rings. The van der Waals surface area contributed by atoms with Crippen molar-refractivity contribution >= 4 is 33.3 Å². The van der Waals surface area contributed by atoms with Gasteiger partial charge >= 0.3 is 0 Å². The highest BCUT2D eigenvalue weighted by Crippen LogP contribution is 2.36. The predicted octanol–water partition coefficient (Wildman–Crippen LogP) is 3.05. The van der Waals surface area contributed by atoms with E-state index in [0.29, 0.717) is 6.04 Å². The number of amides is 1. The zero-order valence-corrected chi connectivity index (χ0v) is 13.6. The normalized spacial score (nSPS) is 14.7. The summed E-state index contributed by atoms with van der Waals surface area (Å²) in [6.07, 6.45) is 3.95. The lowest BCUT2D eigenvalue weighted by molar-refractivity contribution is 0.0759. The number of fused-ring (bicyclic) bond motifs is 1. The van der Waals surface area contributed by atoms with E-state index < -0.39 is 0 Å². The van der Waals surface area contributed by atoms with Crippen molar-refractivity contribution in [3.63, 3.8) is 0 Å². The number of nitrogens with one attached hydrogen (secondary N) is 1. The largest absolute Gasteiger partial charge is 0.367 e. The average Bonchev–Trinajstić information content (AvgIpc) is 3.20. The Balaban J connectivity index is 2.04. The first-order chi connectivity index (χ1) is 9.99. The Hall–Kier alpha value is -1.69. The molecule has 1 saturated carbocycles. The van der Waals surface area contributed by atoms with Crippen molar-refractivity contribution in [2.75, 3.05) is 12.4 Å². The van der Waals surface area contributed by atoms with Crippen LogP contribution in [0.15, 0.2) is 6.33 Å². The first-order valence-electron chi connectivity index (χ1n) is 7.26. The van der Waals surface area contributed by atoms with Crippen LogP contribution >= 0.6 is 11.3 Å². The molecule has 2 aromatic heterocycles. The van der Waals surface area contributed by atoms with Crippen molar-refractivity contribution in [2.45, 2.75) is 45.7 Å². The number of carbonyl (C=O) groups excluding carboxylic acids is 1. The molecule has 0 atom stereocenters. The summed E-state index contributed by atoms with van der Waals surface area (Å²) in [6.45, 7) is 6.02. The Morgan fingerprint density at radius 3 is 2.76 bits per heavy atom. The van der Waals surface area contributed by atoms with E-state index in [2.05, 4.69) is 15.3 Å². The van der Waals surface area contributed by atoms with Crippen molar-refractivity contribution in [1.29, 1.82) is 0 Å². The molecular formula is C15H20N4OS. The summed E-state index contributed by atoms with van der Waals surface area (Å²) in [7, 11) is 1.84. The maximum absolute atomic E-state index is 12.6. The minimum atomic E-state index is 0.0582. The van der Waals surface area contributed by atoms with Crippen LogP contribution < -0.4 is 5.32 Å². The molecular weight excluding hydrogens is 284 g/mol. The Labute approximate surface area is 128 Å². The van der Waals surface area contributed by atoms with Crippen LogP contribution in [-0.4, -0.2) is 39.9 Å². The van der Waals surface area contributed by atoms with Crippen molar-refractivity contribution in [2.24, 2.45) is 0 Å². The summed E-state index contributed by atoms with van der Waals surface area (Å²) in [5, 5.41) is 4.43. The maximum Gasteiger partial charge on any atom is 0.264 e. The zero-order valence-electron chi connectivity index (χ0n) is 12.8. The monoisotopic (exact) mass is 304 g/mol. The number of nitrogens with zero attached hydrogens (tertiary/aromatic N) is 3. The first kappa shape index (κ1) is 14.3.